The van der Waals surface area contributed by atoms with Gasteiger partial charge < -0.3 is 9.42 Å². The van der Waals surface area contributed by atoms with Gasteiger partial charge in [-0.25, -0.2) is 0 Å². The lowest BCUT2D eigenvalue weighted by atomic mass is 10.1. The molecule has 1 aromatic heterocycles. The molecule has 0 N–H and O–H groups in total. The second-order valence-electron chi connectivity index (χ2n) is 7.01. The maximum Gasteiger partial charge on any atom is 0.254 e. The quantitative estimate of drug-likeness (QED) is 0.856. The second-order valence-corrected chi connectivity index (χ2v) is 7.01. The molecule has 0 saturated carbocycles. The van der Waals surface area contributed by atoms with Crippen LogP contribution in [-0.4, -0.2) is 45.5 Å². The molecule has 1 amide bonds. The molecule has 1 aromatic carbocycles. The van der Waals surface area contributed by atoms with E-state index < -0.39 is 0 Å². The highest BCUT2D eigenvalue weighted by Gasteiger charge is 2.33. The fourth-order valence-electron chi connectivity index (χ4n) is 3.85. The minimum atomic E-state index is -0.0748. The fourth-order valence-corrected chi connectivity index (χ4v) is 3.85. The Morgan fingerprint density at radius 2 is 1.92 bits per heavy atom. The van der Waals surface area contributed by atoms with Crippen LogP contribution in [0.5, 0.6) is 0 Å². The Hall–Kier alpha value is -2.21. The van der Waals surface area contributed by atoms with Gasteiger partial charge in [-0.3, -0.25) is 9.69 Å². The van der Waals surface area contributed by atoms with E-state index in [1.807, 2.05) is 17.0 Å². The molecule has 0 radical (unpaired) electrons. The number of amides is 1. The Balaban J connectivity index is 1.46. The molecule has 3 heterocycles. The highest BCUT2D eigenvalue weighted by molar-refractivity contribution is 5.94. The zero-order valence-electron chi connectivity index (χ0n) is 14.6. The zero-order chi connectivity index (χ0) is 17.2. The first-order chi connectivity index (χ1) is 12.2. The van der Waals surface area contributed by atoms with Crippen LogP contribution in [0.2, 0.25) is 0 Å². The number of likely N-dealkylation sites (tertiary alicyclic amines) is 2. The molecule has 2 aliphatic rings. The van der Waals surface area contributed by atoms with E-state index in [9.17, 15) is 4.79 Å². The molecule has 132 valence electrons. The van der Waals surface area contributed by atoms with Crippen LogP contribution in [-0.2, 0) is 6.54 Å². The van der Waals surface area contributed by atoms with E-state index in [2.05, 4.69) is 27.2 Å². The Kier molecular flexibility index (Phi) is 4.53. The molecule has 2 aliphatic heterocycles. The zero-order valence-corrected chi connectivity index (χ0v) is 14.6. The lowest BCUT2D eigenvalue weighted by Crippen LogP contribution is -2.31. The summed E-state index contributed by atoms with van der Waals surface area (Å²) in [6, 6.07) is 7.98. The van der Waals surface area contributed by atoms with Gasteiger partial charge in [0.1, 0.15) is 0 Å². The SMILES string of the molecule is Cc1nc(C2CCCN2C(=O)c2ccc(CN3CCCC3)cc2)no1. The van der Waals surface area contributed by atoms with Crippen molar-refractivity contribution in [3.8, 4) is 0 Å². The molecule has 0 spiro atoms. The third-order valence-electron chi connectivity index (χ3n) is 5.16. The summed E-state index contributed by atoms with van der Waals surface area (Å²) in [5, 5.41) is 4.01. The van der Waals surface area contributed by atoms with Crippen molar-refractivity contribution < 1.29 is 9.32 Å². The molecule has 2 fully saturated rings. The molecule has 0 aliphatic carbocycles. The lowest BCUT2D eigenvalue weighted by Gasteiger charge is -2.22. The standard InChI is InChI=1S/C19H24N4O2/c1-14-20-18(21-25-14)17-5-4-12-23(17)19(24)16-8-6-15(7-9-16)13-22-10-2-3-11-22/h6-9,17H,2-5,10-13H2,1H3. The third kappa shape index (κ3) is 3.44. The summed E-state index contributed by atoms with van der Waals surface area (Å²) in [5.41, 5.74) is 2.00. The molecular weight excluding hydrogens is 316 g/mol. The maximum atomic E-state index is 12.9. The van der Waals surface area contributed by atoms with E-state index in [4.69, 9.17) is 4.52 Å². The smallest absolute Gasteiger partial charge is 0.254 e. The van der Waals surface area contributed by atoms with Crippen LogP contribution >= 0.6 is 0 Å². The molecule has 4 rings (SSSR count). The van der Waals surface area contributed by atoms with Gasteiger partial charge in [0.2, 0.25) is 5.89 Å². The van der Waals surface area contributed by atoms with Crippen molar-refractivity contribution in [2.45, 2.75) is 45.2 Å². The number of hydrogen-bond donors (Lipinski definition) is 0. The number of aryl methyl sites for hydroxylation is 1. The van der Waals surface area contributed by atoms with E-state index in [0.717, 1.165) is 31.5 Å². The van der Waals surface area contributed by atoms with Gasteiger partial charge in [0, 0.05) is 25.6 Å². The van der Waals surface area contributed by atoms with Gasteiger partial charge in [0.25, 0.3) is 5.91 Å². The second kappa shape index (κ2) is 6.96. The summed E-state index contributed by atoms with van der Waals surface area (Å²) in [6.07, 6.45) is 4.44. The van der Waals surface area contributed by atoms with E-state index in [0.29, 0.717) is 11.7 Å². The molecule has 6 heteroatoms. The van der Waals surface area contributed by atoms with Crippen molar-refractivity contribution >= 4 is 5.91 Å². The largest absolute Gasteiger partial charge is 0.340 e. The average Bonchev–Trinajstić information content (AvgIpc) is 3.36. The average molecular weight is 340 g/mol. The molecule has 2 aromatic rings. The molecule has 6 nitrogen and oxygen atoms in total. The number of hydrogen-bond acceptors (Lipinski definition) is 5. The predicted molar refractivity (Wildman–Crippen MR) is 93.0 cm³/mol. The summed E-state index contributed by atoms with van der Waals surface area (Å²) in [6.45, 7) is 5.85. The predicted octanol–water partition coefficient (Wildman–Crippen LogP) is 2.95. The maximum absolute atomic E-state index is 12.9. The van der Waals surface area contributed by atoms with Crippen LogP contribution in [0, 0.1) is 6.92 Å². The van der Waals surface area contributed by atoms with Gasteiger partial charge >= 0.3 is 0 Å². The first kappa shape index (κ1) is 16.3. The van der Waals surface area contributed by atoms with E-state index in [-0.39, 0.29) is 11.9 Å². The molecule has 0 bridgehead atoms. The van der Waals surface area contributed by atoms with Gasteiger partial charge in [-0.05, 0) is 56.5 Å². The monoisotopic (exact) mass is 340 g/mol. The van der Waals surface area contributed by atoms with E-state index in [1.165, 1.54) is 31.5 Å². The minimum Gasteiger partial charge on any atom is -0.340 e. The summed E-state index contributed by atoms with van der Waals surface area (Å²) in [4.78, 5) is 21.6. The van der Waals surface area contributed by atoms with Crippen molar-refractivity contribution in [3.05, 3.63) is 47.1 Å². The van der Waals surface area contributed by atoms with E-state index in [1.54, 1.807) is 6.92 Å². The molecule has 25 heavy (non-hydrogen) atoms. The van der Waals surface area contributed by atoms with Crippen LogP contribution in [0.1, 0.15) is 59.4 Å². The molecule has 2 saturated heterocycles. The minimum absolute atomic E-state index is 0.0534. The van der Waals surface area contributed by atoms with E-state index >= 15 is 0 Å². The Morgan fingerprint density at radius 1 is 1.16 bits per heavy atom. The number of aromatic nitrogens is 2. The van der Waals surface area contributed by atoms with Gasteiger partial charge in [-0.1, -0.05) is 17.3 Å². The Labute approximate surface area is 147 Å². The van der Waals surface area contributed by atoms with Crippen molar-refractivity contribution in [3.63, 3.8) is 0 Å². The molecule has 1 unspecified atom stereocenters. The van der Waals surface area contributed by atoms with Crippen molar-refractivity contribution in [2.24, 2.45) is 0 Å². The van der Waals surface area contributed by atoms with Gasteiger partial charge in [0.15, 0.2) is 5.82 Å². The van der Waals surface area contributed by atoms with Gasteiger partial charge in [-0.15, -0.1) is 0 Å². The van der Waals surface area contributed by atoms with Crippen LogP contribution in [0.15, 0.2) is 28.8 Å². The summed E-state index contributed by atoms with van der Waals surface area (Å²) >= 11 is 0. The van der Waals surface area contributed by atoms with Crippen LogP contribution in [0.4, 0.5) is 0 Å². The third-order valence-corrected chi connectivity index (χ3v) is 5.16. The first-order valence-corrected chi connectivity index (χ1v) is 9.13. The lowest BCUT2D eigenvalue weighted by molar-refractivity contribution is 0.0728. The molecule has 1 atom stereocenters. The number of rotatable bonds is 4. The number of nitrogens with zero attached hydrogens (tertiary/aromatic N) is 4. The van der Waals surface area contributed by atoms with Crippen LogP contribution in [0.25, 0.3) is 0 Å². The normalized spacial score (nSPS) is 21.2. The van der Waals surface area contributed by atoms with Crippen molar-refractivity contribution in [1.82, 2.24) is 19.9 Å². The highest BCUT2D eigenvalue weighted by Crippen LogP contribution is 2.31. The van der Waals surface area contributed by atoms with Crippen LogP contribution in [0.3, 0.4) is 0 Å². The Morgan fingerprint density at radius 3 is 2.60 bits per heavy atom. The number of benzene rings is 1. The number of carbonyl (C=O) groups is 1. The number of carbonyl (C=O) groups excluding carboxylic acids is 1. The van der Waals surface area contributed by atoms with Crippen molar-refractivity contribution in [2.75, 3.05) is 19.6 Å². The highest BCUT2D eigenvalue weighted by atomic mass is 16.5. The van der Waals surface area contributed by atoms with Crippen LogP contribution < -0.4 is 0 Å². The summed E-state index contributed by atoms with van der Waals surface area (Å²) < 4.78 is 5.09. The first-order valence-electron chi connectivity index (χ1n) is 9.13. The summed E-state index contributed by atoms with van der Waals surface area (Å²) in [7, 11) is 0. The van der Waals surface area contributed by atoms with Gasteiger partial charge in [-0.2, -0.15) is 4.98 Å². The molecular formula is C19H24N4O2. The Bertz CT molecular complexity index is 734. The fraction of sp³-hybridized carbons (Fsp3) is 0.526. The summed E-state index contributed by atoms with van der Waals surface area (Å²) in [5.74, 6) is 1.22. The van der Waals surface area contributed by atoms with Gasteiger partial charge in [0.05, 0.1) is 6.04 Å². The van der Waals surface area contributed by atoms with Crippen molar-refractivity contribution in [1.29, 1.82) is 0 Å². The topological polar surface area (TPSA) is 62.5 Å².